The Balaban J connectivity index is 2.49. The van der Waals surface area contributed by atoms with Gasteiger partial charge in [0.05, 0.1) is 11.3 Å². The molecule has 0 saturated carbocycles. The van der Waals surface area contributed by atoms with E-state index >= 15 is 0 Å². The fraction of sp³-hybridized carbons (Fsp3) is 0.533. The molecule has 116 valence electrons. The van der Waals surface area contributed by atoms with Crippen molar-refractivity contribution in [2.45, 2.75) is 32.6 Å². The number of rotatable bonds is 9. The maximum Gasteiger partial charge on any atom is 0.269 e. The summed E-state index contributed by atoms with van der Waals surface area (Å²) >= 11 is 0. The first-order valence-electron chi connectivity index (χ1n) is 7.17. The molecule has 1 aromatic carbocycles. The molecule has 0 spiro atoms. The van der Waals surface area contributed by atoms with Crippen LogP contribution in [0.1, 0.15) is 31.7 Å². The molecule has 1 rings (SSSR count). The summed E-state index contributed by atoms with van der Waals surface area (Å²) in [5, 5.41) is 22.5. The monoisotopic (exact) mass is 294 g/mol. The number of nitrogens with zero attached hydrogens (tertiary/aromatic N) is 1. The van der Waals surface area contributed by atoms with Gasteiger partial charge >= 0.3 is 0 Å². The molecule has 21 heavy (non-hydrogen) atoms. The summed E-state index contributed by atoms with van der Waals surface area (Å²) in [7, 11) is 0. The van der Waals surface area contributed by atoms with E-state index in [1.54, 1.807) is 12.1 Å². The van der Waals surface area contributed by atoms with E-state index < -0.39 is 4.92 Å². The molecule has 1 aromatic rings. The third kappa shape index (κ3) is 6.35. The maximum atomic E-state index is 11.9. The van der Waals surface area contributed by atoms with Gasteiger partial charge in [0.25, 0.3) is 5.69 Å². The minimum absolute atomic E-state index is 0.00978. The summed E-state index contributed by atoms with van der Waals surface area (Å²) < 4.78 is 0. The highest BCUT2D eigenvalue weighted by Gasteiger charge is 2.11. The molecule has 0 aliphatic carbocycles. The zero-order chi connectivity index (χ0) is 15.7. The topological polar surface area (TPSA) is 92.5 Å². The predicted octanol–water partition coefficient (Wildman–Crippen LogP) is 2.05. The Bertz CT molecular complexity index is 470. The fourth-order valence-electron chi connectivity index (χ4n) is 2.23. The third-order valence-corrected chi connectivity index (χ3v) is 3.31. The molecule has 1 amide bonds. The van der Waals surface area contributed by atoms with Crippen LogP contribution in [0.2, 0.25) is 0 Å². The van der Waals surface area contributed by atoms with Crippen LogP contribution in [0.5, 0.6) is 0 Å². The molecule has 0 aromatic heterocycles. The van der Waals surface area contributed by atoms with Crippen molar-refractivity contribution in [3.05, 3.63) is 39.9 Å². The van der Waals surface area contributed by atoms with Crippen molar-refractivity contribution < 1.29 is 14.8 Å². The molecule has 6 heteroatoms. The molecule has 0 aliphatic heterocycles. The molecule has 0 radical (unpaired) electrons. The molecule has 1 unspecified atom stereocenters. The van der Waals surface area contributed by atoms with E-state index in [2.05, 4.69) is 12.2 Å². The first-order valence-corrected chi connectivity index (χ1v) is 7.17. The van der Waals surface area contributed by atoms with Gasteiger partial charge in [-0.25, -0.2) is 0 Å². The number of aliphatic hydroxyl groups is 1. The van der Waals surface area contributed by atoms with Gasteiger partial charge in [0.15, 0.2) is 0 Å². The van der Waals surface area contributed by atoms with Crippen LogP contribution in [-0.4, -0.2) is 29.1 Å². The molecule has 0 saturated heterocycles. The lowest BCUT2D eigenvalue weighted by Crippen LogP contribution is -2.31. The smallest absolute Gasteiger partial charge is 0.269 e. The molecule has 2 N–H and O–H groups in total. The molecule has 6 nitrogen and oxygen atoms in total. The lowest BCUT2D eigenvalue weighted by molar-refractivity contribution is -0.384. The van der Waals surface area contributed by atoms with E-state index in [0.717, 1.165) is 12.8 Å². The van der Waals surface area contributed by atoms with Crippen LogP contribution in [0.3, 0.4) is 0 Å². The van der Waals surface area contributed by atoms with Crippen molar-refractivity contribution in [2.75, 3.05) is 13.2 Å². The second kappa shape index (κ2) is 9.07. The zero-order valence-electron chi connectivity index (χ0n) is 12.2. The predicted molar refractivity (Wildman–Crippen MR) is 79.9 cm³/mol. The average Bonchev–Trinajstić information content (AvgIpc) is 2.45. The first-order chi connectivity index (χ1) is 10.1. The number of hydrogen-bond acceptors (Lipinski definition) is 4. The second-order valence-corrected chi connectivity index (χ2v) is 5.07. The van der Waals surface area contributed by atoms with Crippen LogP contribution in [0.25, 0.3) is 0 Å². The number of hydrogen-bond donors (Lipinski definition) is 2. The molecular formula is C15H22N2O4. The van der Waals surface area contributed by atoms with E-state index in [9.17, 15) is 14.9 Å². The van der Waals surface area contributed by atoms with E-state index in [-0.39, 0.29) is 30.5 Å². The van der Waals surface area contributed by atoms with Crippen LogP contribution in [0, 0.1) is 16.0 Å². The summed E-state index contributed by atoms with van der Waals surface area (Å²) in [6.07, 6.45) is 2.76. The summed E-state index contributed by atoms with van der Waals surface area (Å²) in [6.45, 7) is 2.71. The normalized spacial score (nSPS) is 11.9. The number of non-ortho nitro benzene ring substituents is 1. The SMILES string of the molecule is CCCC(CCO)CNC(=O)Cc1cccc([N+](=O)[O-])c1. The molecule has 0 heterocycles. The van der Waals surface area contributed by atoms with Gasteiger partial charge in [0.1, 0.15) is 0 Å². The van der Waals surface area contributed by atoms with Gasteiger partial charge in [0.2, 0.25) is 5.91 Å². The lowest BCUT2D eigenvalue weighted by Gasteiger charge is -2.15. The highest BCUT2D eigenvalue weighted by molar-refractivity contribution is 5.78. The number of nitro benzene ring substituents is 1. The number of carbonyl (C=O) groups excluding carboxylic acids is 1. The highest BCUT2D eigenvalue weighted by atomic mass is 16.6. The Hall–Kier alpha value is -1.95. The van der Waals surface area contributed by atoms with E-state index in [4.69, 9.17) is 5.11 Å². The minimum Gasteiger partial charge on any atom is -0.396 e. The Morgan fingerprint density at radius 3 is 2.81 bits per heavy atom. The fourth-order valence-corrected chi connectivity index (χ4v) is 2.23. The number of carbonyl (C=O) groups is 1. The van der Waals surface area contributed by atoms with Crippen LogP contribution >= 0.6 is 0 Å². The number of aliphatic hydroxyl groups excluding tert-OH is 1. The van der Waals surface area contributed by atoms with Gasteiger partial charge in [-0.3, -0.25) is 14.9 Å². The molecule has 0 fully saturated rings. The lowest BCUT2D eigenvalue weighted by atomic mass is 10.00. The molecular weight excluding hydrogens is 272 g/mol. The Labute approximate surface area is 124 Å². The maximum absolute atomic E-state index is 11.9. The van der Waals surface area contributed by atoms with E-state index in [1.807, 2.05) is 0 Å². The van der Waals surface area contributed by atoms with Crippen molar-refractivity contribution in [1.82, 2.24) is 5.32 Å². The summed E-state index contributed by atoms with van der Waals surface area (Å²) in [4.78, 5) is 22.1. The van der Waals surface area contributed by atoms with Gasteiger partial charge in [-0.15, -0.1) is 0 Å². The van der Waals surface area contributed by atoms with Crippen molar-refractivity contribution in [3.63, 3.8) is 0 Å². The van der Waals surface area contributed by atoms with Crippen LogP contribution in [-0.2, 0) is 11.2 Å². The largest absolute Gasteiger partial charge is 0.396 e. The van der Waals surface area contributed by atoms with Gasteiger partial charge in [-0.1, -0.05) is 25.5 Å². The van der Waals surface area contributed by atoms with Crippen LogP contribution < -0.4 is 5.32 Å². The number of nitro groups is 1. The first kappa shape index (κ1) is 17.1. The number of benzene rings is 1. The van der Waals surface area contributed by atoms with E-state index in [1.165, 1.54) is 12.1 Å². The number of nitrogens with one attached hydrogen (secondary N) is 1. The summed E-state index contributed by atoms with van der Waals surface area (Å²) in [5.41, 5.74) is 0.611. The molecule has 0 aliphatic rings. The second-order valence-electron chi connectivity index (χ2n) is 5.07. The van der Waals surface area contributed by atoms with Gasteiger partial charge < -0.3 is 10.4 Å². The van der Waals surface area contributed by atoms with Gasteiger partial charge in [-0.05, 0) is 24.3 Å². The van der Waals surface area contributed by atoms with Crippen molar-refractivity contribution in [3.8, 4) is 0 Å². The standard InChI is InChI=1S/C15H22N2O4/c1-2-4-12(7-8-18)11-16-15(19)10-13-5-3-6-14(9-13)17(20)21/h3,5-6,9,12,18H,2,4,7-8,10-11H2,1H3,(H,16,19). The van der Waals surface area contributed by atoms with Gasteiger partial charge in [0, 0.05) is 25.3 Å². The van der Waals surface area contributed by atoms with Crippen molar-refractivity contribution in [2.24, 2.45) is 5.92 Å². The highest BCUT2D eigenvalue weighted by Crippen LogP contribution is 2.14. The number of amides is 1. The average molecular weight is 294 g/mol. The Kier molecular flexibility index (Phi) is 7.39. The molecule has 0 bridgehead atoms. The summed E-state index contributed by atoms with van der Waals surface area (Å²) in [6, 6.07) is 6.09. The van der Waals surface area contributed by atoms with Crippen LogP contribution in [0.15, 0.2) is 24.3 Å². The Morgan fingerprint density at radius 1 is 1.43 bits per heavy atom. The van der Waals surface area contributed by atoms with Crippen molar-refractivity contribution >= 4 is 11.6 Å². The summed E-state index contributed by atoms with van der Waals surface area (Å²) in [5.74, 6) is 0.114. The molecule has 1 atom stereocenters. The van der Waals surface area contributed by atoms with Crippen molar-refractivity contribution in [1.29, 1.82) is 0 Å². The minimum atomic E-state index is -0.472. The Morgan fingerprint density at radius 2 is 2.19 bits per heavy atom. The van der Waals surface area contributed by atoms with Gasteiger partial charge in [-0.2, -0.15) is 0 Å². The third-order valence-electron chi connectivity index (χ3n) is 3.31. The van der Waals surface area contributed by atoms with E-state index in [0.29, 0.717) is 18.5 Å². The zero-order valence-corrected chi connectivity index (χ0v) is 12.2. The van der Waals surface area contributed by atoms with Crippen LogP contribution in [0.4, 0.5) is 5.69 Å². The quantitative estimate of drug-likeness (QED) is 0.538.